The smallest absolute Gasteiger partial charge is 0.270 e. The fourth-order valence-electron chi connectivity index (χ4n) is 3.01. The van der Waals surface area contributed by atoms with Crippen molar-refractivity contribution in [3.05, 3.63) is 71.3 Å². The Kier molecular flexibility index (Phi) is 6.68. The Bertz CT molecular complexity index is 818. The van der Waals surface area contributed by atoms with Crippen molar-refractivity contribution in [3.8, 4) is 0 Å². The zero-order valence-electron chi connectivity index (χ0n) is 15.3. The average Bonchev–Trinajstić information content (AvgIpc) is 2.73. The third-order valence-corrected chi connectivity index (χ3v) is 4.49. The van der Waals surface area contributed by atoms with Gasteiger partial charge in [0.2, 0.25) is 0 Å². The average molecular weight is 364 g/mol. The summed E-state index contributed by atoms with van der Waals surface area (Å²) >= 11 is 0. The molecule has 0 fully saturated rings. The summed E-state index contributed by atoms with van der Waals surface area (Å²) in [7, 11) is 0. The number of carbonyl (C=O) groups excluding carboxylic acids is 2. The predicted octanol–water partition coefficient (Wildman–Crippen LogP) is 3.03. The molecule has 2 amide bonds. The minimum Gasteiger partial charge on any atom is -0.350 e. The molecular formula is C21H24N4O2. The van der Waals surface area contributed by atoms with Crippen LogP contribution < -0.4 is 10.6 Å². The van der Waals surface area contributed by atoms with Crippen molar-refractivity contribution in [1.82, 2.24) is 20.6 Å². The molecular weight excluding hydrogens is 340 g/mol. The van der Waals surface area contributed by atoms with E-state index in [-0.39, 0.29) is 23.2 Å². The third-order valence-electron chi connectivity index (χ3n) is 4.49. The van der Waals surface area contributed by atoms with E-state index < -0.39 is 0 Å². The molecule has 0 bridgehead atoms. The van der Waals surface area contributed by atoms with Gasteiger partial charge in [0.05, 0.1) is 12.2 Å². The van der Waals surface area contributed by atoms with E-state index >= 15 is 0 Å². The quantitative estimate of drug-likeness (QED) is 0.740. The normalized spacial score (nSPS) is 13.6. The van der Waals surface area contributed by atoms with Gasteiger partial charge in [-0.2, -0.15) is 0 Å². The first kappa shape index (κ1) is 18.8. The van der Waals surface area contributed by atoms with E-state index in [0.717, 1.165) is 25.0 Å². The number of nitrogens with one attached hydrogen (secondary N) is 2. The number of carbonyl (C=O) groups is 2. The summed E-state index contributed by atoms with van der Waals surface area (Å²) in [6.45, 7) is 0.898. The highest BCUT2D eigenvalue weighted by Gasteiger charge is 2.12. The SMILES string of the molecule is O=C(NCCC1=CCCCC1)c1cccc(C(=O)NCc2ccccn2)n1. The minimum atomic E-state index is -0.331. The van der Waals surface area contributed by atoms with Crippen LogP contribution in [0.1, 0.15) is 58.8 Å². The lowest BCUT2D eigenvalue weighted by Crippen LogP contribution is -2.28. The van der Waals surface area contributed by atoms with Gasteiger partial charge in [-0.15, -0.1) is 0 Å². The number of nitrogens with zero attached hydrogens (tertiary/aromatic N) is 2. The number of pyridine rings is 2. The second-order valence-electron chi connectivity index (χ2n) is 6.53. The second kappa shape index (κ2) is 9.62. The lowest BCUT2D eigenvalue weighted by molar-refractivity contribution is 0.0942. The van der Waals surface area contributed by atoms with Crippen molar-refractivity contribution in [1.29, 1.82) is 0 Å². The molecule has 2 N–H and O–H groups in total. The number of allylic oxidation sites excluding steroid dienone is 1. The summed E-state index contributed by atoms with van der Waals surface area (Å²) in [6, 6.07) is 10.4. The van der Waals surface area contributed by atoms with Gasteiger partial charge in [-0.3, -0.25) is 14.6 Å². The van der Waals surface area contributed by atoms with Gasteiger partial charge in [-0.1, -0.05) is 23.8 Å². The molecule has 0 aromatic carbocycles. The van der Waals surface area contributed by atoms with Crippen LogP contribution in [0, 0.1) is 0 Å². The largest absolute Gasteiger partial charge is 0.350 e. The fraction of sp³-hybridized carbons (Fsp3) is 0.333. The molecule has 140 valence electrons. The number of aromatic nitrogens is 2. The van der Waals surface area contributed by atoms with Crippen LogP contribution in [0.5, 0.6) is 0 Å². The zero-order chi connectivity index (χ0) is 18.9. The van der Waals surface area contributed by atoms with Gasteiger partial charge in [0.1, 0.15) is 11.4 Å². The van der Waals surface area contributed by atoms with Crippen LogP contribution in [0.2, 0.25) is 0 Å². The fourth-order valence-corrected chi connectivity index (χ4v) is 3.01. The van der Waals surface area contributed by atoms with Crippen molar-refractivity contribution in [3.63, 3.8) is 0 Å². The van der Waals surface area contributed by atoms with E-state index in [1.807, 2.05) is 18.2 Å². The molecule has 0 saturated heterocycles. The molecule has 6 nitrogen and oxygen atoms in total. The van der Waals surface area contributed by atoms with E-state index in [9.17, 15) is 9.59 Å². The third kappa shape index (κ3) is 5.74. The summed E-state index contributed by atoms with van der Waals surface area (Å²) in [6.07, 6.45) is 9.58. The van der Waals surface area contributed by atoms with Crippen molar-refractivity contribution < 1.29 is 9.59 Å². The molecule has 2 heterocycles. The van der Waals surface area contributed by atoms with Crippen molar-refractivity contribution >= 4 is 11.8 Å². The predicted molar refractivity (Wildman–Crippen MR) is 103 cm³/mol. The Morgan fingerprint density at radius 3 is 2.48 bits per heavy atom. The number of hydrogen-bond acceptors (Lipinski definition) is 4. The maximum absolute atomic E-state index is 12.3. The van der Waals surface area contributed by atoms with Crippen LogP contribution in [0.25, 0.3) is 0 Å². The monoisotopic (exact) mass is 364 g/mol. The Morgan fingerprint density at radius 1 is 0.963 bits per heavy atom. The van der Waals surface area contributed by atoms with E-state index in [0.29, 0.717) is 13.1 Å². The van der Waals surface area contributed by atoms with Gasteiger partial charge in [0.25, 0.3) is 11.8 Å². The molecule has 1 aliphatic rings. The van der Waals surface area contributed by atoms with Crippen LogP contribution in [-0.2, 0) is 6.54 Å². The van der Waals surface area contributed by atoms with Gasteiger partial charge < -0.3 is 10.6 Å². The van der Waals surface area contributed by atoms with Gasteiger partial charge in [-0.05, 0) is 56.4 Å². The van der Waals surface area contributed by atoms with Crippen molar-refractivity contribution in [2.75, 3.05) is 6.54 Å². The van der Waals surface area contributed by atoms with E-state index in [2.05, 4.69) is 26.7 Å². The maximum atomic E-state index is 12.3. The molecule has 3 rings (SSSR count). The van der Waals surface area contributed by atoms with Gasteiger partial charge in [0.15, 0.2) is 0 Å². The van der Waals surface area contributed by atoms with Gasteiger partial charge in [0, 0.05) is 12.7 Å². The molecule has 6 heteroatoms. The van der Waals surface area contributed by atoms with Gasteiger partial charge in [-0.25, -0.2) is 4.98 Å². The number of hydrogen-bond donors (Lipinski definition) is 2. The Morgan fingerprint density at radius 2 is 1.78 bits per heavy atom. The Hall–Kier alpha value is -3.02. The molecule has 0 atom stereocenters. The molecule has 27 heavy (non-hydrogen) atoms. The summed E-state index contributed by atoms with van der Waals surface area (Å²) in [5.74, 6) is -0.589. The van der Waals surface area contributed by atoms with E-state index in [1.165, 1.54) is 18.4 Å². The summed E-state index contributed by atoms with van der Waals surface area (Å²) in [5, 5.41) is 5.65. The lowest BCUT2D eigenvalue weighted by atomic mass is 9.97. The van der Waals surface area contributed by atoms with Crippen LogP contribution in [-0.4, -0.2) is 28.3 Å². The maximum Gasteiger partial charge on any atom is 0.270 e. The highest BCUT2D eigenvalue weighted by Crippen LogP contribution is 2.19. The molecule has 0 saturated carbocycles. The number of rotatable bonds is 7. The van der Waals surface area contributed by atoms with E-state index in [1.54, 1.807) is 24.4 Å². The molecule has 1 aliphatic carbocycles. The molecule has 2 aromatic rings. The van der Waals surface area contributed by atoms with Gasteiger partial charge >= 0.3 is 0 Å². The zero-order valence-corrected chi connectivity index (χ0v) is 15.3. The number of amides is 2. The first-order valence-corrected chi connectivity index (χ1v) is 9.33. The van der Waals surface area contributed by atoms with Crippen molar-refractivity contribution in [2.45, 2.75) is 38.6 Å². The molecule has 0 spiro atoms. The first-order chi connectivity index (χ1) is 13.2. The summed E-state index contributed by atoms with van der Waals surface area (Å²) in [5.41, 5.74) is 2.64. The lowest BCUT2D eigenvalue weighted by Gasteiger charge is -2.13. The highest BCUT2D eigenvalue weighted by atomic mass is 16.2. The van der Waals surface area contributed by atoms with E-state index in [4.69, 9.17) is 0 Å². The molecule has 0 unspecified atom stereocenters. The minimum absolute atomic E-state index is 0.216. The topological polar surface area (TPSA) is 84.0 Å². The van der Waals surface area contributed by atoms with Crippen LogP contribution >= 0.6 is 0 Å². The summed E-state index contributed by atoms with van der Waals surface area (Å²) in [4.78, 5) is 32.9. The molecule has 0 aliphatic heterocycles. The highest BCUT2D eigenvalue weighted by molar-refractivity contribution is 5.96. The Labute approximate surface area is 159 Å². The Balaban J connectivity index is 1.51. The molecule has 0 radical (unpaired) electrons. The standard InChI is InChI=1S/C21H24N4O2/c26-20(23-14-12-16-7-2-1-3-8-16)18-10-6-11-19(25-18)21(27)24-15-17-9-4-5-13-22-17/h4-7,9-11,13H,1-3,8,12,14-15H2,(H,23,26)(H,24,27). The second-order valence-corrected chi connectivity index (χ2v) is 6.53. The van der Waals surface area contributed by atoms with Crippen molar-refractivity contribution in [2.24, 2.45) is 0 Å². The van der Waals surface area contributed by atoms with Crippen LogP contribution in [0.4, 0.5) is 0 Å². The molecule has 2 aromatic heterocycles. The van der Waals surface area contributed by atoms with Crippen LogP contribution in [0.15, 0.2) is 54.2 Å². The summed E-state index contributed by atoms with van der Waals surface area (Å²) < 4.78 is 0. The van der Waals surface area contributed by atoms with Crippen LogP contribution in [0.3, 0.4) is 0 Å². The first-order valence-electron chi connectivity index (χ1n) is 9.33.